The Kier molecular flexibility index (Phi) is 3.34. The molecule has 0 unspecified atom stereocenters. The number of benzene rings is 2. The van der Waals surface area contributed by atoms with E-state index in [0.717, 1.165) is 5.56 Å². The summed E-state index contributed by atoms with van der Waals surface area (Å²) in [6, 6.07) is 17.9. The van der Waals surface area contributed by atoms with E-state index in [4.69, 9.17) is 10.00 Å². The van der Waals surface area contributed by atoms with Crippen LogP contribution >= 0.6 is 0 Å². The highest BCUT2D eigenvalue weighted by Gasteiger charge is 2.26. The van der Waals surface area contributed by atoms with Crippen molar-refractivity contribution in [2.24, 2.45) is 0 Å². The Hall–Kier alpha value is -2.27. The Labute approximate surface area is 107 Å². The average Bonchev–Trinajstić information content (AvgIpc) is 2.41. The number of nitrogens with zero attached hydrogens (tertiary/aromatic N) is 1. The maximum atomic E-state index is 8.71. The van der Waals surface area contributed by atoms with Crippen molar-refractivity contribution >= 4 is 0 Å². The zero-order valence-corrected chi connectivity index (χ0v) is 10.6. The van der Waals surface area contributed by atoms with E-state index in [1.54, 1.807) is 6.26 Å². The largest absolute Gasteiger partial charge is 0.388 e. The Morgan fingerprint density at radius 3 is 2.22 bits per heavy atom. The minimum Gasteiger partial charge on any atom is -0.388 e. The Balaban J connectivity index is 2.51. The summed E-state index contributed by atoms with van der Waals surface area (Å²) in [4.78, 5) is 0. The van der Waals surface area contributed by atoms with Gasteiger partial charge in [0.1, 0.15) is 5.75 Å². The van der Waals surface area contributed by atoms with Crippen molar-refractivity contribution in [3.8, 4) is 12.0 Å². The molecule has 2 heteroatoms. The Morgan fingerprint density at radius 2 is 1.56 bits per heavy atom. The van der Waals surface area contributed by atoms with E-state index in [1.807, 2.05) is 42.5 Å². The third kappa shape index (κ3) is 2.21. The van der Waals surface area contributed by atoms with E-state index in [-0.39, 0.29) is 5.41 Å². The second kappa shape index (κ2) is 4.93. The number of rotatable bonds is 3. The third-order valence-electron chi connectivity index (χ3n) is 3.21. The van der Waals surface area contributed by atoms with Gasteiger partial charge >= 0.3 is 0 Å². The lowest BCUT2D eigenvalue weighted by molar-refractivity contribution is 0.482. The Bertz CT molecular complexity index is 567. The van der Waals surface area contributed by atoms with Gasteiger partial charge in [-0.1, -0.05) is 62.4 Å². The van der Waals surface area contributed by atoms with E-state index >= 15 is 0 Å². The van der Waals surface area contributed by atoms with Gasteiger partial charge in [0.2, 0.25) is 0 Å². The van der Waals surface area contributed by atoms with E-state index in [9.17, 15) is 0 Å². The molecule has 18 heavy (non-hydrogen) atoms. The summed E-state index contributed by atoms with van der Waals surface area (Å²) in [6.45, 7) is 4.25. The molecule has 0 spiro atoms. The van der Waals surface area contributed by atoms with Crippen LogP contribution in [0.1, 0.15) is 25.0 Å². The lowest BCUT2D eigenvalue weighted by atomic mass is 9.78. The first-order valence-electron chi connectivity index (χ1n) is 5.87. The topological polar surface area (TPSA) is 33.0 Å². The van der Waals surface area contributed by atoms with Crippen molar-refractivity contribution in [3.63, 3.8) is 0 Å². The molecule has 0 aliphatic rings. The molecule has 2 rings (SSSR count). The standard InChI is InChI=1S/C16H15NO/c1-16(2,13-8-4-3-5-9-13)14-10-6-7-11-15(14)18-12-17/h3-11H,1-2H3. The second-order valence-electron chi connectivity index (χ2n) is 4.68. The molecule has 0 aliphatic heterocycles. The lowest BCUT2D eigenvalue weighted by Gasteiger charge is -2.27. The predicted octanol–water partition coefficient (Wildman–Crippen LogP) is 3.87. The zero-order valence-electron chi connectivity index (χ0n) is 10.6. The molecule has 0 aliphatic carbocycles. The highest BCUT2D eigenvalue weighted by molar-refractivity contribution is 5.46. The van der Waals surface area contributed by atoms with Crippen molar-refractivity contribution in [1.82, 2.24) is 0 Å². The van der Waals surface area contributed by atoms with Crippen LogP contribution in [0.3, 0.4) is 0 Å². The fourth-order valence-electron chi connectivity index (χ4n) is 2.13. The summed E-state index contributed by atoms with van der Waals surface area (Å²) in [6.07, 6.45) is 1.75. The van der Waals surface area contributed by atoms with E-state index < -0.39 is 0 Å². The minimum atomic E-state index is -0.200. The molecule has 0 N–H and O–H groups in total. The van der Waals surface area contributed by atoms with Crippen molar-refractivity contribution in [1.29, 1.82) is 5.26 Å². The number of para-hydroxylation sites is 1. The molecular weight excluding hydrogens is 222 g/mol. The zero-order chi connectivity index (χ0) is 13.0. The molecule has 0 saturated heterocycles. The SMILES string of the molecule is CC(C)(c1ccccc1)c1ccccc1OC#N. The van der Waals surface area contributed by atoms with Crippen LogP contribution < -0.4 is 4.74 Å². The molecule has 0 atom stereocenters. The number of ether oxygens (including phenoxy) is 1. The summed E-state index contributed by atoms with van der Waals surface area (Å²) in [5.41, 5.74) is 2.01. The monoisotopic (exact) mass is 237 g/mol. The second-order valence-corrected chi connectivity index (χ2v) is 4.68. The molecule has 0 aromatic heterocycles. The number of hydrogen-bond acceptors (Lipinski definition) is 2. The maximum absolute atomic E-state index is 8.71. The lowest BCUT2D eigenvalue weighted by Crippen LogP contribution is -2.19. The molecule has 0 bridgehead atoms. The average molecular weight is 237 g/mol. The highest BCUT2D eigenvalue weighted by Crippen LogP contribution is 2.36. The molecule has 0 radical (unpaired) electrons. The van der Waals surface area contributed by atoms with Gasteiger partial charge in [-0.15, -0.1) is 5.26 Å². The summed E-state index contributed by atoms with van der Waals surface area (Å²) in [5, 5.41) is 8.71. The van der Waals surface area contributed by atoms with Crippen LogP contribution in [0, 0.1) is 11.5 Å². The smallest absolute Gasteiger partial charge is 0.292 e. The first kappa shape index (κ1) is 12.2. The van der Waals surface area contributed by atoms with Crippen LogP contribution in [0.4, 0.5) is 0 Å². The van der Waals surface area contributed by atoms with Gasteiger partial charge in [0.05, 0.1) is 0 Å². The summed E-state index contributed by atoms with van der Waals surface area (Å²) in [5.74, 6) is 0.619. The van der Waals surface area contributed by atoms with Crippen molar-refractivity contribution in [2.75, 3.05) is 0 Å². The van der Waals surface area contributed by atoms with Gasteiger partial charge in [-0.05, 0) is 11.6 Å². The molecule has 0 saturated carbocycles. The van der Waals surface area contributed by atoms with Crippen molar-refractivity contribution in [2.45, 2.75) is 19.3 Å². The molecule has 0 fully saturated rings. The molecule has 2 aromatic carbocycles. The first-order chi connectivity index (χ1) is 8.66. The van der Waals surface area contributed by atoms with Gasteiger partial charge in [-0.25, -0.2) is 0 Å². The number of hydrogen-bond donors (Lipinski definition) is 0. The summed E-state index contributed by atoms with van der Waals surface area (Å²) >= 11 is 0. The minimum absolute atomic E-state index is 0.200. The Morgan fingerprint density at radius 1 is 0.944 bits per heavy atom. The molecule has 2 aromatic rings. The van der Waals surface area contributed by atoms with Crippen LogP contribution in [0.5, 0.6) is 5.75 Å². The molecular formula is C16H15NO. The summed E-state index contributed by atoms with van der Waals surface area (Å²) < 4.78 is 5.05. The normalized spacial score (nSPS) is 10.7. The van der Waals surface area contributed by atoms with Crippen LogP contribution in [0.2, 0.25) is 0 Å². The molecule has 0 amide bonds. The summed E-state index contributed by atoms with van der Waals surface area (Å²) in [7, 11) is 0. The predicted molar refractivity (Wildman–Crippen MR) is 71.3 cm³/mol. The van der Waals surface area contributed by atoms with Gasteiger partial charge in [0, 0.05) is 11.0 Å². The molecule has 2 nitrogen and oxygen atoms in total. The van der Waals surface area contributed by atoms with Gasteiger partial charge in [0.25, 0.3) is 6.26 Å². The highest BCUT2D eigenvalue weighted by atomic mass is 16.5. The number of nitriles is 1. The van der Waals surface area contributed by atoms with Crippen LogP contribution in [0.15, 0.2) is 54.6 Å². The third-order valence-corrected chi connectivity index (χ3v) is 3.21. The fraction of sp³-hybridized carbons (Fsp3) is 0.188. The van der Waals surface area contributed by atoms with Crippen LogP contribution in [0.25, 0.3) is 0 Å². The van der Waals surface area contributed by atoms with E-state index in [0.29, 0.717) is 5.75 Å². The fourth-order valence-corrected chi connectivity index (χ4v) is 2.13. The van der Waals surface area contributed by atoms with Gasteiger partial charge in [0.15, 0.2) is 0 Å². The van der Waals surface area contributed by atoms with Gasteiger partial charge in [-0.2, -0.15) is 0 Å². The van der Waals surface area contributed by atoms with Crippen molar-refractivity contribution < 1.29 is 4.74 Å². The first-order valence-corrected chi connectivity index (χ1v) is 5.87. The van der Waals surface area contributed by atoms with E-state index in [1.165, 1.54) is 5.56 Å². The van der Waals surface area contributed by atoms with Crippen LogP contribution in [-0.4, -0.2) is 0 Å². The maximum Gasteiger partial charge on any atom is 0.292 e. The van der Waals surface area contributed by atoms with Gasteiger partial charge < -0.3 is 4.74 Å². The molecule has 90 valence electrons. The van der Waals surface area contributed by atoms with E-state index in [2.05, 4.69) is 26.0 Å². The van der Waals surface area contributed by atoms with Crippen molar-refractivity contribution in [3.05, 3.63) is 65.7 Å². The van der Waals surface area contributed by atoms with Crippen LogP contribution in [-0.2, 0) is 5.41 Å². The quantitative estimate of drug-likeness (QED) is 0.759. The van der Waals surface area contributed by atoms with Gasteiger partial charge in [-0.3, -0.25) is 0 Å². The molecule has 0 heterocycles.